The van der Waals surface area contributed by atoms with Gasteiger partial charge in [-0.1, -0.05) is 0 Å². The molecule has 5 heteroatoms. The van der Waals surface area contributed by atoms with E-state index in [0.29, 0.717) is 12.7 Å². The van der Waals surface area contributed by atoms with Crippen molar-refractivity contribution in [3.8, 4) is 0 Å². The van der Waals surface area contributed by atoms with Gasteiger partial charge in [-0.25, -0.2) is 0 Å². The maximum atomic E-state index is 8.85. The predicted octanol–water partition coefficient (Wildman–Crippen LogP) is -3.16. The molecule has 0 aromatic heterocycles. The maximum absolute atomic E-state index is 8.85. The van der Waals surface area contributed by atoms with Crippen molar-refractivity contribution in [1.29, 1.82) is 0 Å². The van der Waals surface area contributed by atoms with Crippen LogP contribution in [0, 0.1) is 0 Å². The van der Waals surface area contributed by atoms with Crippen molar-refractivity contribution < 1.29 is 34.3 Å². The molecule has 1 aliphatic heterocycles. The fourth-order valence-corrected chi connectivity index (χ4v) is 2.09. The molecule has 0 radical (unpaired) electrons. The normalized spacial score (nSPS) is 24.7. The molecule has 0 bridgehead atoms. The fraction of sp³-hybridized carbons (Fsp3) is 1.00. The molecule has 0 aliphatic carbocycles. The Bertz CT molecular complexity index is 84.6. The zero-order valence-corrected chi connectivity index (χ0v) is 6.63. The van der Waals surface area contributed by atoms with Gasteiger partial charge in [0.15, 0.2) is 0 Å². The minimum atomic E-state index is -3.09. The third kappa shape index (κ3) is 3.41. The Morgan fingerprint density at radius 1 is 1.33 bits per heavy atom. The molecule has 0 atom stereocenters. The molecule has 1 rings (SSSR count). The Balaban J connectivity index is 0. The van der Waals surface area contributed by atoms with Crippen LogP contribution in [-0.4, -0.2) is 25.0 Å². The maximum Gasteiger partial charge on any atom is 1.00 e. The Morgan fingerprint density at radius 2 is 2.00 bits per heavy atom. The van der Waals surface area contributed by atoms with Crippen molar-refractivity contribution in [2.45, 2.75) is 18.9 Å². The summed E-state index contributed by atoms with van der Waals surface area (Å²) in [5, 5.41) is 0. The molecule has 1 heterocycles. The average molecular weight is 142 g/mol. The Labute approximate surface area is 69.1 Å². The van der Waals surface area contributed by atoms with Crippen LogP contribution in [0.2, 0.25) is 6.04 Å². The minimum Gasteiger partial charge on any atom is -1.00 e. The van der Waals surface area contributed by atoms with Crippen molar-refractivity contribution in [3.63, 3.8) is 0 Å². The molecule has 0 saturated carbocycles. The van der Waals surface area contributed by atoms with E-state index in [2.05, 4.69) is 0 Å². The largest absolute Gasteiger partial charge is 1.00 e. The molecule has 50 valence electrons. The SMILES string of the molecule is O[Si]1(O)CCCCO1.[H-].[Li+]. The summed E-state index contributed by atoms with van der Waals surface area (Å²) in [5.74, 6) is 0. The molecular formula is C4H11LiO3Si. The van der Waals surface area contributed by atoms with E-state index in [4.69, 9.17) is 14.0 Å². The van der Waals surface area contributed by atoms with Crippen LogP contribution in [0.4, 0.5) is 0 Å². The molecule has 3 nitrogen and oxygen atoms in total. The van der Waals surface area contributed by atoms with E-state index in [9.17, 15) is 0 Å². The van der Waals surface area contributed by atoms with Gasteiger partial charge >= 0.3 is 27.7 Å². The van der Waals surface area contributed by atoms with E-state index >= 15 is 0 Å². The standard InChI is InChI=1S/C4H10O3Si.Li.H/c5-8(6)4-2-1-3-7-8;;/h5-6H,1-4H2;;/q;+1;-1. The van der Waals surface area contributed by atoms with Crippen LogP contribution >= 0.6 is 0 Å². The average Bonchev–Trinajstić information content (AvgIpc) is 1.65. The van der Waals surface area contributed by atoms with Crippen molar-refractivity contribution in [2.24, 2.45) is 0 Å². The van der Waals surface area contributed by atoms with Crippen LogP contribution in [-0.2, 0) is 4.43 Å². The van der Waals surface area contributed by atoms with Crippen molar-refractivity contribution >= 4 is 8.80 Å². The monoisotopic (exact) mass is 142 g/mol. The number of hydrogen-bond acceptors (Lipinski definition) is 3. The van der Waals surface area contributed by atoms with Crippen molar-refractivity contribution in [3.05, 3.63) is 0 Å². The van der Waals surface area contributed by atoms with Gasteiger partial charge in [-0.3, -0.25) is 0 Å². The Morgan fingerprint density at radius 3 is 2.22 bits per heavy atom. The first kappa shape index (κ1) is 9.69. The van der Waals surface area contributed by atoms with Gasteiger partial charge in [0.1, 0.15) is 0 Å². The van der Waals surface area contributed by atoms with Crippen LogP contribution in [0.5, 0.6) is 0 Å². The molecule has 0 spiro atoms. The molecular weight excluding hydrogens is 131 g/mol. The molecule has 1 saturated heterocycles. The van der Waals surface area contributed by atoms with E-state index in [-0.39, 0.29) is 20.3 Å². The smallest absolute Gasteiger partial charge is 1.00 e. The van der Waals surface area contributed by atoms with E-state index in [0.717, 1.165) is 12.8 Å². The predicted molar refractivity (Wildman–Crippen MR) is 31.3 cm³/mol. The van der Waals surface area contributed by atoms with Gasteiger partial charge in [-0.05, 0) is 12.8 Å². The zero-order valence-electron chi connectivity index (χ0n) is 6.63. The summed E-state index contributed by atoms with van der Waals surface area (Å²) in [5.41, 5.74) is 0. The Hall–Kier alpha value is 0.694. The third-order valence-electron chi connectivity index (χ3n) is 1.23. The summed E-state index contributed by atoms with van der Waals surface area (Å²) in [6, 6.07) is 0.479. The fourth-order valence-electron chi connectivity index (χ4n) is 0.765. The molecule has 1 aliphatic rings. The Kier molecular flexibility index (Phi) is 4.05. The second-order valence-corrected chi connectivity index (χ2v) is 4.32. The summed E-state index contributed by atoms with van der Waals surface area (Å²) in [6.45, 7) is 0.527. The van der Waals surface area contributed by atoms with E-state index in [1.807, 2.05) is 0 Å². The first-order valence-corrected chi connectivity index (χ1v) is 4.80. The molecule has 2 N–H and O–H groups in total. The number of hydrogen-bond donors (Lipinski definition) is 2. The van der Waals surface area contributed by atoms with Gasteiger partial charge in [0.2, 0.25) is 0 Å². The second kappa shape index (κ2) is 3.76. The topological polar surface area (TPSA) is 49.7 Å². The van der Waals surface area contributed by atoms with Gasteiger partial charge in [-0.15, -0.1) is 0 Å². The van der Waals surface area contributed by atoms with Gasteiger partial charge in [-0.2, -0.15) is 0 Å². The van der Waals surface area contributed by atoms with Crippen LogP contribution < -0.4 is 18.9 Å². The summed E-state index contributed by atoms with van der Waals surface area (Å²) in [4.78, 5) is 17.7. The first-order chi connectivity index (χ1) is 3.71. The molecule has 0 amide bonds. The zero-order chi connectivity index (χ0) is 6.04. The van der Waals surface area contributed by atoms with E-state index in [1.54, 1.807) is 0 Å². The van der Waals surface area contributed by atoms with Gasteiger partial charge < -0.3 is 15.4 Å². The quantitative estimate of drug-likeness (QED) is 0.351. The minimum absolute atomic E-state index is 0. The molecule has 0 unspecified atom stereocenters. The summed E-state index contributed by atoms with van der Waals surface area (Å²) in [6.07, 6.45) is 1.87. The summed E-state index contributed by atoms with van der Waals surface area (Å²) < 4.78 is 4.72. The van der Waals surface area contributed by atoms with E-state index in [1.165, 1.54) is 0 Å². The van der Waals surface area contributed by atoms with Crippen LogP contribution in [0.3, 0.4) is 0 Å². The van der Waals surface area contributed by atoms with Crippen molar-refractivity contribution in [2.75, 3.05) is 6.61 Å². The van der Waals surface area contributed by atoms with Gasteiger partial charge in [0.05, 0.1) is 0 Å². The van der Waals surface area contributed by atoms with Crippen LogP contribution in [0.15, 0.2) is 0 Å². The third-order valence-corrected chi connectivity index (χ3v) is 2.90. The first-order valence-electron chi connectivity index (χ1n) is 2.79. The van der Waals surface area contributed by atoms with Gasteiger partial charge in [0, 0.05) is 12.7 Å². The molecule has 1 fully saturated rings. The van der Waals surface area contributed by atoms with Crippen LogP contribution in [0.1, 0.15) is 14.3 Å². The van der Waals surface area contributed by atoms with Gasteiger partial charge in [0.25, 0.3) is 0 Å². The molecule has 9 heavy (non-hydrogen) atoms. The summed E-state index contributed by atoms with van der Waals surface area (Å²) in [7, 11) is -3.09. The molecule has 0 aromatic carbocycles. The summed E-state index contributed by atoms with van der Waals surface area (Å²) >= 11 is 0. The second-order valence-electron chi connectivity index (χ2n) is 2.05. The van der Waals surface area contributed by atoms with Crippen molar-refractivity contribution in [1.82, 2.24) is 0 Å². The van der Waals surface area contributed by atoms with Crippen LogP contribution in [0.25, 0.3) is 0 Å². The van der Waals surface area contributed by atoms with E-state index < -0.39 is 8.80 Å². The number of rotatable bonds is 0. The molecule has 0 aromatic rings.